The molecule has 28 heavy (non-hydrogen) atoms. The second kappa shape index (κ2) is 7.81. The summed E-state index contributed by atoms with van der Waals surface area (Å²) in [6.07, 6.45) is -1.19. The molecule has 0 spiro atoms. The van der Waals surface area contributed by atoms with E-state index in [9.17, 15) is 22.4 Å². The van der Waals surface area contributed by atoms with E-state index in [-0.39, 0.29) is 5.41 Å². The zero-order chi connectivity index (χ0) is 21.3. The van der Waals surface area contributed by atoms with Crippen LogP contribution in [0.5, 0.6) is 0 Å². The van der Waals surface area contributed by atoms with Gasteiger partial charge >= 0.3 is 5.97 Å². The van der Waals surface area contributed by atoms with Gasteiger partial charge in [0, 0.05) is 5.56 Å². The fourth-order valence-corrected chi connectivity index (χ4v) is 3.02. The number of carbonyl (C=O) groups is 2. The fourth-order valence-electron chi connectivity index (χ4n) is 2.48. The highest BCUT2D eigenvalue weighted by Gasteiger charge is 2.24. The van der Waals surface area contributed by atoms with Crippen LogP contribution in [0.25, 0.3) is 0 Å². The summed E-state index contributed by atoms with van der Waals surface area (Å²) in [6.45, 7) is 7.48. The Morgan fingerprint density at radius 3 is 2.14 bits per heavy atom. The molecular weight excluding hydrogens is 385 g/mol. The normalized spacial score (nSPS) is 13.1. The van der Waals surface area contributed by atoms with Crippen molar-refractivity contribution < 1.29 is 27.1 Å². The number of benzene rings is 2. The molecule has 0 radical (unpaired) electrons. The summed E-state index contributed by atoms with van der Waals surface area (Å²) in [5.41, 5.74) is 0.683. The summed E-state index contributed by atoms with van der Waals surface area (Å²) in [7, 11) is -4.12. The highest BCUT2D eigenvalue weighted by molar-refractivity contribution is 7.89. The average Bonchev–Trinajstić information content (AvgIpc) is 2.59. The summed E-state index contributed by atoms with van der Waals surface area (Å²) >= 11 is 0. The Kier molecular flexibility index (Phi) is 6.06. The van der Waals surface area contributed by atoms with Crippen LogP contribution in [0.1, 0.15) is 54.0 Å². The third-order valence-electron chi connectivity index (χ3n) is 4.17. The van der Waals surface area contributed by atoms with Crippen molar-refractivity contribution in [3.63, 3.8) is 0 Å². The van der Waals surface area contributed by atoms with E-state index in [0.29, 0.717) is 5.56 Å². The smallest absolute Gasteiger partial charge is 0.341 e. The minimum Gasteiger partial charge on any atom is -0.451 e. The van der Waals surface area contributed by atoms with Crippen molar-refractivity contribution in [3.8, 4) is 0 Å². The first-order valence-corrected chi connectivity index (χ1v) is 10.0. The third kappa shape index (κ3) is 5.02. The topological polar surface area (TPSA) is 104 Å². The number of sulfonamides is 1. The predicted octanol–water partition coefficient (Wildman–Crippen LogP) is 3.20. The van der Waals surface area contributed by atoms with Crippen molar-refractivity contribution in [2.24, 2.45) is 5.14 Å². The number of hydrogen-bond donors (Lipinski definition) is 1. The van der Waals surface area contributed by atoms with Crippen LogP contribution in [-0.2, 0) is 20.2 Å². The molecule has 8 heteroatoms. The van der Waals surface area contributed by atoms with Crippen molar-refractivity contribution in [2.45, 2.75) is 44.1 Å². The van der Waals surface area contributed by atoms with Crippen LogP contribution in [0.15, 0.2) is 47.4 Å². The molecule has 2 rings (SSSR count). The van der Waals surface area contributed by atoms with Crippen molar-refractivity contribution in [1.82, 2.24) is 0 Å². The van der Waals surface area contributed by atoms with Crippen LogP contribution >= 0.6 is 0 Å². The lowest BCUT2D eigenvalue weighted by Crippen LogP contribution is -2.25. The quantitative estimate of drug-likeness (QED) is 0.605. The predicted molar refractivity (Wildman–Crippen MR) is 102 cm³/mol. The van der Waals surface area contributed by atoms with Gasteiger partial charge in [-0.3, -0.25) is 4.79 Å². The zero-order valence-electron chi connectivity index (χ0n) is 16.0. The van der Waals surface area contributed by atoms with Gasteiger partial charge in [0.2, 0.25) is 15.8 Å². The molecule has 0 amide bonds. The van der Waals surface area contributed by atoms with Crippen molar-refractivity contribution in [3.05, 3.63) is 65.0 Å². The zero-order valence-corrected chi connectivity index (χ0v) is 16.8. The van der Waals surface area contributed by atoms with E-state index in [1.54, 1.807) is 12.1 Å². The number of nitrogens with two attached hydrogens (primary N) is 1. The molecule has 2 N–H and O–H groups in total. The van der Waals surface area contributed by atoms with Crippen molar-refractivity contribution in [1.29, 1.82) is 0 Å². The molecule has 0 saturated carbocycles. The van der Waals surface area contributed by atoms with Gasteiger partial charge in [-0.15, -0.1) is 0 Å². The molecule has 0 aliphatic rings. The summed E-state index contributed by atoms with van der Waals surface area (Å²) in [6, 6.07) is 9.42. The molecule has 0 saturated heterocycles. The number of esters is 1. The molecule has 6 nitrogen and oxygen atoms in total. The van der Waals surface area contributed by atoms with Crippen LogP contribution in [0.4, 0.5) is 4.39 Å². The summed E-state index contributed by atoms with van der Waals surface area (Å²) in [4.78, 5) is 24.3. The molecule has 0 aliphatic carbocycles. The van der Waals surface area contributed by atoms with Crippen LogP contribution in [0, 0.1) is 5.82 Å². The number of primary sulfonamides is 1. The van der Waals surface area contributed by atoms with E-state index < -0.39 is 44.2 Å². The first-order chi connectivity index (χ1) is 12.8. The van der Waals surface area contributed by atoms with E-state index in [1.165, 1.54) is 6.92 Å². The Morgan fingerprint density at radius 2 is 1.64 bits per heavy atom. The van der Waals surface area contributed by atoms with Gasteiger partial charge in [-0.2, -0.15) is 0 Å². The van der Waals surface area contributed by atoms with Gasteiger partial charge in [0.25, 0.3) is 0 Å². The number of ketones is 1. The number of halogens is 1. The Bertz CT molecular complexity index is 1010. The Balaban J connectivity index is 2.19. The van der Waals surface area contributed by atoms with Gasteiger partial charge in [-0.05, 0) is 36.1 Å². The van der Waals surface area contributed by atoms with E-state index in [4.69, 9.17) is 9.88 Å². The largest absolute Gasteiger partial charge is 0.451 e. The minimum atomic E-state index is -4.12. The number of carbonyl (C=O) groups excluding carboxylic acids is 2. The minimum absolute atomic E-state index is 0.0778. The Hall–Kier alpha value is -2.58. The lowest BCUT2D eigenvalue weighted by molar-refractivity contribution is 0.0314. The van der Waals surface area contributed by atoms with Gasteiger partial charge in [-0.25, -0.2) is 22.7 Å². The van der Waals surface area contributed by atoms with E-state index in [1.807, 2.05) is 32.9 Å². The summed E-state index contributed by atoms with van der Waals surface area (Å²) < 4.78 is 41.7. The fraction of sp³-hybridized carbons (Fsp3) is 0.300. The van der Waals surface area contributed by atoms with Crippen molar-refractivity contribution >= 4 is 21.8 Å². The third-order valence-corrected chi connectivity index (χ3v) is 5.09. The van der Waals surface area contributed by atoms with Gasteiger partial charge in [0.1, 0.15) is 5.82 Å². The van der Waals surface area contributed by atoms with Gasteiger partial charge in [0.05, 0.1) is 10.5 Å². The Labute approximate surface area is 163 Å². The number of hydrogen-bond acceptors (Lipinski definition) is 5. The lowest BCUT2D eigenvalue weighted by atomic mass is 9.86. The van der Waals surface area contributed by atoms with Crippen LogP contribution in [-0.4, -0.2) is 26.3 Å². The number of rotatable bonds is 5. The van der Waals surface area contributed by atoms with Gasteiger partial charge in [-0.1, -0.05) is 45.0 Å². The van der Waals surface area contributed by atoms with E-state index in [2.05, 4.69) is 0 Å². The second-order valence-corrected chi connectivity index (χ2v) is 8.99. The number of Topliss-reactive ketones (excluding diaryl/α,β-unsaturated/α-hetero) is 1. The van der Waals surface area contributed by atoms with Crippen LogP contribution in [0.3, 0.4) is 0 Å². The lowest BCUT2D eigenvalue weighted by Gasteiger charge is -2.19. The molecule has 0 fully saturated rings. The van der Waals surface area contributed by atoms with Crippen molar-refractivity contribution in [2.75, 3.05) is 0 Å². The highest BCUT2D eigenvalue weighted by atomic mass is 32.2. The van der Waals surface area contributed by atoms with Crippen LogP contribution < -0.4 is 5.14 Å². The monoisotopic (exact) mass is 407 g/mol. The van der Waals surface area contributed by atoms with E-state index in [0.717, 1.165) is 23.8 Å². The SMILES string of the molecule is C[C@@H](OC(=O)c1cc(S(N)(=O)=O)ccc1F)C(=O)c1ccc(C(C)(C)C)cc1. The molecule has 0 aliphatic heterocycles. The van der Waals surface area contributed by atoms with Crippen LogP contribution in [0.2, 0.25) is 0 Å². The first kappa shape index (κ1) is 21.7. The molecule has 0 heterocycles. The maximum atomic E-state index is 13.9. The summed E-state index contributed by atoms with van der Waals surface area (Å²) in [5, 5.41) is 4.99. The number of ether oxygens (including phenoxy) is 1. The standard InChI is InChI=1S/C20H22FNO5S/c1-12(18(23)13-5-7-14(8-6-13)20(2,3)4)27-19(24)16-11-15(28(22,25)26)9-10-17(16)21/h5-12H,1-4H3,(H2,22,25,26)/t12-/m1/s1. The maximum Gasteiger partial charge on any atom is 0.341 e. The second-order valence-electron chi connectivity index (χ2n) is 7.43. The molecule has 2 aromatic carbocycles. The average molecular weight is 407 g/mol. The van der Waals surface area contributed by atoms with E-state index >= 15 is 0 Å². The molecule has 150 valence electrons. The molecular formula is C20H22FNO5S. The molecule has 2 aromatic rings. The Morgan fingerprint density at radius 1 is 1.07 bits per heavy atom. The maximum absolute atomic E-state index is 13.9. The molecule has 1 atom stereocenters. The van der Waals surface area contributed by atoms with Gasteiger partial charge in [0.15, 0.2) is 6.10 Å². The molecule has 0 unspecified atom stereocenters. The summed E-state index contributed by atoms with van der Waals surface area (Å²) in [5.74, 6) is -2.60. The van der Waals surface area contributed by atoms with Gasteiger partial charge < -0.3 is 4.74 Å². The highest BCUT2D eigenvalue weighted by Crippen LogP contribution is 2.23. The first-order valence-electron chi connectivity index (χ1n) is 8.49. The molecule has 0 bridgehead atoms. The molecule has 0 aromatic heterocycles.